The van der Waals surface area contributed by atoms with Crippen molar-refractivity contribution in [2.24, 2.45) is 5.14 Å². The van der Waals surface area contributed by atoms with E-state index in [1.807, 2.05) is 0 Å². The van der Waals surface area contributed by atoms with Crippen molar-refractivity contribution in [3.05, 3.63) is 0 Å². The predicted molar refractivity (Wildman–Crippen MR) is 36.9 cm³/mol. The number of carbonyl (C=O) groups is 1. The van der Waals surface area contributed by atoms with E-state index in [-0.39, 0.29) is 6.47 Å². The number of sulfonamides is 1. The van der Waals surface area contributed by atoms with Crippen molar-refractivity contribution in [3.8, 4) is 0 Å². The Morgan fingerprint density at radius 2 is 1.60 bits per heavy atom. The number of carboxylic acid groups (broad SMARTS) is 1. The van der Waals surface area contributed by atoms with E-state index in [1.54, 1.807) is 0 Å². The summed E-state index contributed by atoms with van der Waals surface area (Å²) in [5.41, 5.74) is 0. The normalized spacial score (nSPS) is 10.0. The standard InChI is InChI=1S/C3H9NO2S.CH2O2/c1-3(2)7(4,5)6;2-1-3/h3H,1-2H3,(H2,4,5,6);1H,(H,2,3). The molecule has 0 fully saturated rings. The van der Waals surface area contributed by atoms with Crippen LogP contribution in [0.2, 0.25) is 0 Å². The number of rotatable bonds is 1. The van der Waals surface area contributed by atoms with Gasteiger partial charge in [-0.05, 0) is 13.8 Å². The molecule has 0 aromatic carbocycles. The van der Waals surface area contributed by atoms with E-state index < -0.39 is 15.3 Å². The molecule has 0 saturated heterocycles. The summed E-state index contributed by atoms with van der Waals surface area (Å²) < 4.78 is 20.2. The van der Waals surface area contributed by atoms with Crippen molar-refractivity contribution in [2.75, 3.05) is 0 Å². The van der Waals surface area contributed by atoms with Gasteiger partial charge in [-0.3, -0.25) is 4.79 Å². The van der Waals surface area contributed by atoms with Crippen LogP contribution in [0.4, 0.5) is 0 Å². The average Bonchev–Trinajstić information content (AvgIpc) is 1.64. The smallest absolute Gasteiger partial charge is 0.290 e. The van der Waals surface area contributed by atoms with Gasteiger partial charge in [-0.1, -0.05) is 0 Å². The molecule has 0 spiro atoms. The molecule has 0 aliphatic carbocycles. The van der Waals surface area contributed by atoms with Gasteiger partial charge in [0.15, 0.2) is 0 Å². The summed E-state index contributed by atoms with van der Waals surface area (Å²) in [6, 6.07) is 0. The zero-order valence-electron chi connectivity index (χ0n) is 5.81. The van der Waals surface area contributed by atoms with Crippen molar-refractivity contribution >= 4 is 16.5 Å². The Hall–Kier alpha value is -0.620. The summed E-state index contributed by atoms with van der Waals surface area (Å²) in [6.07, 6.45) is 0. The zero-order valence-corrected chi connectivity index (χ0v) is 6.63. The van der Waals surface area contributed by atoms with E-state index >= 15 is 0 Å². The first kappa shape index (κ1) is 12.1. The summed E-state index contributed by atoms with van der Waals surface area (Å²) >= 11 is 0. The lowest BCUT2D eigenvalue weighted by molar-refractivity contribution is -0.122. The van der Waals surface area contributed by atoms with Crippen molar-refractivity contribution in [1.29, 1.82) is 0 Å². The number of primary sulfonamides is 1. The molecule has 62 valence electrons. The topological polar surface area (TPSA) is 97.5 Å². The molecule has 0 saturated carbocycles. The summed E-state index contributed by atoms with van der Waals surface area (Å²) in [4.78, 5) is 8.36. The van der Waals surface area contributed by atoms with Crippen LogP contribution in [0.3, 0.4) is 0 Å². The second-order valence-corrected chi connectivity index (χ2v) is 3.86. The fraction of sp³-hybridized carbons (Fsp3) is 0.750. The third-order valence-corrected chi connectivity index (χ3v) is 1.97. The van der Waals surface area contributed by atoms with E-state index in [4.69, 9.17) is 9.90 Å². The Labute approximate surface area is 59.9 Å². The van der Waals surface area contributed by atoms with Gasteiger partial charge in [0, 0.05) is 0 Å². The largest absolute Gasteiger partial charge is 0.483 e. The van der Waals surface area contributed by atoms with Crippen LogP contribution in [0.5, 0.6) is 0 Å². The third kappa shape index (κ3) is 10.4. The van der Waals surface area contributed by atoms with Crippen LogP contribution in [0.1, 0.15) is 13.8 Å². The lowest BCUT2D eigenvalue weighted by Crippen LogP contribution is -2.22. The first-order valence-electron chi connectivity index (χ1n) is 2.45. The molecule has 0 aliphatic heterocycles. The number of nitrogens with two attached hydrogens (primary N) is 1. The molecule has 10 heavy (non-hydrogen) atoms. The Kier molecular flexibility index (Phi) is 6.27. The highest BCUT2D eigenvalue weighted by molar-refractivity contribution is 7.89. The lowest BCUT2D eigenvalue weighted by Gasteiger charge is -1.96. The molecule has 0 aliphatic rings. The van der Waals surface area contributed by atoms with Crippen molar-refractivity contribution in [1.82, 2.24) is 0 Å². The van der Waals surface area contributed by atoms with Crippen LogP contribution in [0.25, 0.3) is 0 Å². The fourth-order valence-corrected chi connectivity index (χ4v) is 0. The van der Waals surface area contributed by atoms with Crippen molar-refractivity contribution in [3.63, 3.8) is 0 Å². The van der Waals surface area contributed by atoms with Crippen molar-refractivity contribution < 1.29 is 18.3 Å². The van der Waals surface area contributed by atoms with E-state index in [1.165, 1.54) is 13.8 Å². The first-order valence-corrected chi connectivity index (χ1v) is 4.06. The Morgan fingerprint density at radius 1 is 1.50 bits per heavy atom. The fourth-order valence-electron chi connectivity index (χ4n) is 0. The van der Waals surface area contributed by atoms with Gasteiger partial charge in [0.05, 0.1) is 5.25 Å². The van der Waals surface area contributed by atoms with Gasteiger partial charge in [-0.25, -0.2) is 13.6 Å². The predicted octanol–water partition coefficient (Wildman–Crippen LogP) is -0.616. The molecule has 0 aromatic rings. The molecule has 0 radical (unpaired) electrons. The van der Waals surface area contributed by atoms with E-state index in [2.05, 4.69) is 5.14 Å². The molecule has 0 unspecified atom stereocenters. The highest BCUT2D eigenvalue weighted by atomic mass is 32.2. The van der Waals surface area contributed by atoms with E-state index in [0.29, 0.717) is 0 Å². The van der Waals surface area contributed by atoms with Crippen LogP contribution in [-0.2, 0) is 14.8 Å². The van der Waals surface area contributed by atoms with Gasteiger partial charge < -0.3 is 5.11 Å². The van der Waals surface area contributed by atoms with Crippen LogP contribution < -0.4 is 5.14 Å². The molecule has 3 N–H and O–H groups in total. The van der Waals surface area contributed by atoms with Gasteiger partial charge in [0.1, 0.15) is 0 Å². The molecule has 0 aromatic heterocycles. The molecule has 0 atom stereocenters. The zero-order chi connectivity index (χ0) is 8.78. The number of hydrogen-bond acceptors (Lipinski definition) is 3. The first-order chi connectivity index (χ1) is 4.36. The lowest BCUT2D eigenvalue weighted by atomic mass is 10.6. The van der Waals surface area contributed by atoms with Crippen molar-refractivity contribution in [2.45, 2.75) is 19.1 Å². The van der Waals surface area contributed by atoms with Crippen LogP contribution in [0.15, 0.2) is 0 Å². The maximum absolute atomic E-state index is 10.1. The molecule has 0 amide bonds. The summed E-state index contributed by atoms with van der Waals surface area (Å²) in [7, 11) is -3.24. The van der Waals surface area contributed by atoms with Gasteiger partial charge in [-0.15, -0.1) is 0 Å². The van der Waals surface area contributed by atoms with Gasteiger partial charge in [-0.2, -0.15) is 0 Å². The summed E-state index contributed by atoms with van der Waals surface area (Å²) in [6.45, 7) is 2.82. The molecule has 0 rings (SSSR count). The SMILES string of the molecule is CC(C)S(N)(=O)=O.O=CO. The Morgan fingerprint density at radius 3 is 1.60 bits per heavy atom. The quantitative estimate of drug-likeness (QED) is 0.511. The van der Waals surface area contributed by atoms with Gasteiger partial charge in [0.2, 0.25) is 10.0 Å². The van der Waals surface area contributed by atoms with Gasteiger partial charge in [0.25, 0.3) is 6.47 Å². The Balaban J connectivity index is 0. The summed E-state index contributed by atoms with van der Waals surface area (Å²) in [5, 5.41) is 11.1. The highest BCUT2D eigenvalue weighted by Crippen LogP contribution is 1.88. The Bertz CT molecular complexity index is 172. The second kappa shape index (κ2) is 5.19. The molecular weight excluding hydrogens is 158 g/mol. The minimum absolute atomic E-state index is 0.250. The minimum atomic E-state index is -3.24. The van der Waals surface area contributed by atoms with E-state index in [0.717, 1.165) is 0 Å². The minimum Gasteiger partial charge on any atom is -0.483 e. The molecule has 0 bridgehead atoms. The molecular formula is C4H11NO4S. The van der Waals surface area contributed by atoms with E-state index in [9.17, 15) is 8.42 Å². The highest BCUT2D eigenvalue weighted by Gasteiger charge is 2.06. The number of hydrogen-bond donors (Lipinski definition) is 2. The summed E-state index contributed by atoms with van der Waals surface area (Å²) in [5.74, 6) is 0. The van der Waals surface area contributed by atoms with Crippen LogP contribution in [0, 0.1) is 0 Å². The van der Waals surface area contributed by atoms with Crippen LogP contribution in [-0.4, -0.2) is 25.2 Å². The molecule has 0 heterocycles. The third-order valence-electron chi connectivity index (χ3n) is 0.657. The van der Waals surface area contributed by atoms with Gasteiger partial charge >= 0.3 is 0 Å². The molecule has 6 heteroatoms. The van der Waals surface area contributed by atoms with Crippen LogP contribution >= 0.6 is 0 Å². The molecule has 5 nitrogen and oxygen atoms in total. The average molecular weight is 169 g/mol. The maximum Gasteiger partial charge on any atom is 0.290 e. The second-order valence-electron chi connectivity index (χ2n) is 1.74. The maximum atomic E-state index is 10.1. The monoisotopic (exact) mass is 169 g/mol.